The molecule has 1 unspecified atom stereocenters. The number of likely N-dealkylation sites (tertiary alicyclic amines) is 1. The SMILES string of the molecule is N#Cc1nc(-c2ccc(OCc3ccccc3Cl)cc2)oc1NCC(c1ccccc1Cl)N1CCCCCC1. The summed E-state index contributed by atoms with van der Waals surface area (Å²) in [5.41, 5.74) is 2.96. The first kappa shape index (κ1) is 27.1. The number of oxazole rings is 1. The van der Waals surface area contributed by atoms with E-state index in [0.29, 0.717) is 35.7 Å². The first-order valence-electron chi connectivity index (χ1n) is 13.2. The highest BCUT2D eigenvalue weighted by Gasteiger charge is 2.25. The Morgan fingerprint density at radius 1 is 0.923 bits per heavy atom. The number of nitrogens with zero attached hydrogens (tertiary/aromatic N) is 3. The molecular formula is C31H30Cl2N4O2. The monoisotopic (exact) mass is 560 g/mol. The molecule has 0 spiro atoms. The molecule has 1 aromatic heterocycles. The second-order valence-electron chi connectivity index (χ2n) is 9.58. The van der Waals surface area contributed by atoms with E-state index in [2.05, 4.69) is 27.3 Å². The van der Waals surface area contributed by atoms with Crippen LogP contribution < -0.4 is 10.1 Å². The van der Waals surface area contributed by atoms with Crippen molar-refractivity contribution in [3.05, 3.63) is 99.7 Å². The van der Waals surface area contributed by atoms with Gasteiger partial charge < -0.3 is 14.5 Å². The molecule has 1 fully saturated rings. The molecule has 1 aliphatic rings. The van der Waals surface area contributed by atoms with Crippen LogP contribution in [0.15, 0.2) is 77.2 Å². The van der Waals surface area contributed by atoms with Gasteiger partial charge in [-0.15, -0.1) is 0 Å². The first-order valence-corrected chi connectivity index (χ1v) is 14.0. The van der Waals surface area contributed by atoms with Gasteiger partial charge in [-0.05, 0) is 67.9 Å². The number of rotatable bonds is 9. The Labute approximate surface area is 239 Å². The summed E-state index contributed by atoms with van der Waals surface area (Å²) in [5, 5.41) is 14.5. The van der Waals surface area contributed by atoms with Gasteiger partial charge in [-0.2, -0.15) is 10.2 Å². The quantitative estimate of drug-likeness (QED) is 0.222. The highest BCUT2D eigenvalue weighted by Crippen LogP contribution is 2.32. The van der Waals surface area contributed by atoms with Crippen molar-refractivity contribution in [3.8, 4) is 23.3 Å². The van der Waals surface area contributed by atoms with Gasteiger partial charge in [0.2, 0.25) is 17.5 Å². The van der Waals surface area contributed by atoms with Gasteiger partial charge in [-0.1, -0.05) is 72.4 Å². The van der Waals surface area contributed by atoms with Crippen LogP contribution in [0.1, 0.15) is 48.5 Å². The first-order chi connectivity index (χ1) is 19.1. The number of benzene rings is 3. The third kappa shape index (κ3) is 6.75. The van der Waals surface area contributed by atoms with Crippen molar-refractivity contribution in [2.24, 2.45) is 0 Å². The fourth-order valence-corrected chi connectivity index (χ4v) is 5.34. The summed E-state index contributed by atoms with van der Waals surface area (Å²) in [5.74, 6) is 1.43. The van der Waals surface area contributed by atoms with E-state index in [1.807, 2.05) is 66.7 Å². The molecule has 0 bridgehead atoms. The van der Waals surface area contributed by atoms with E-state index >= 15 is 0 Å². The van der Waals surface area contributed by atoms with Crippen LogP contribution in [0.25, 0.3) is 11.5 Å². The number of nitrogens with one attached hydrogen (secondary N) is 1. The predicted molar refractivity (Wildman–Crippen MR) is 155 cm³/mol. The number of anilines is 1. The molecule has 0 amide bonds. The van der Waals surface area contributed by atoms with Gasteiger partial charge in [0.1, 0.15) is 18.4 Å². The van der Waals surface area contributed by atoms with E-state index in [-0.39, 0.29) is 11.7 Å². The van der Waals surface area contributed by atoms with E-state index in [0.717, 1.165) is 47.6 Å². The van der Waals surface area contributed by atoms with Gasteiger partial charge >= 0.3 is 0 Å². The van der Waals surface area contributed by atoms with Crippen molar-refractivity contribution in [2.75, 3.05) is 25.0 Å². The molecular weight excluding hydrogens is 531 g/mol. The highest BCUT2D eigenvalue weighted by molar-refractivity contribution is 6.31. The Kier molecular flexibility index (Phi) is 9.05. The summed E-state index contributed by atoms with van der Waals surface area (Å²) in [7, 11) is 0. The van der Waals surface area contributed by atoms with E-state index < -0.39 is 0 Å². The molecule has 1 atom stereocenters. The fraction of sp³-hybridized carbons (Fsp3) is 0.290. The van der Waals surface area contributed by atoms with E-state index in [1.165, 1.54) is 12.8 Å². The van der Waals surface area contributed by atoms with Crippen molar-refractivity contribution in [3.63, 3.8) is 0 Å². The van der Waals surface area contributed by atoms with Gasteiger partial charge in [0.05, 0.1) is 6.04 Å². The predicted octanol–water partition coefficient (Wildman–Crippen LogP) is 8.13. The zero-order valence-corrected chi connectivity index (χ0v) is 23.1. The molecule has 0 aliphatic carbocycles. The topological polar surface area (TPSA) is 74.3 Å². The zero-order chi connectivity index (χ0) is 27.0. The van der Waals surface area contributed by atoms with Gasteiger partial charge in [0, 0.05) is 27.7 Å². The maximum Gasteiger partial charge on any atom is 0.232 e. The van der Waals surface area contributed by atoms with Crippen LogP contribution in [0.3, 0.4) is 0 Å². The molecule has 1 saturated heterocycles. The van der Waals surface area contributed by atoms with Crippen molar-refractivity contribution in [1.82, 2.24) is 9.88 Å². The molecule has 4 aromatic rings. The lowest BCUT2D eigenvalue weighted by molar-refractivity contribution is 0.213. The van der Waals surface area contributed by atoms with E-state index in [9.17, 15) is 5.26 Å². The van der Waals surface area contributed by atoms with Crippen LogP contribution in [0, 0.1) is 11.3 Å². The Morgan fingerprint density at radius 3 is 2.31 bits per heavy atom. The van der Waals surface area contributed by atoms with Gasteiger partial charge in [0.25, 0.3) is 0 Å². The van der Waals surface area contributed by atoms with Crippen molar-refractivity contribution < 1.29 is 9.15 Å². The second-order valence-corrected chi connectivity index (χ2v) is 10.4. The van der Waals surface area contributed by atoms with Crippen LogP contribution in [0.5, 0.6) is 5.75 Å². The molecule has 200 valence electrons. The Balaban J connectivity index is 1.30. The lowest BCUT2D eigenvalue weighted by Crippen LogP contribution is -2.34. The van der Waals surface area contributed by atoms with Crippen molar-refractivity contribution >= 4 is 29.1 Å². The number of ether oxygens (including phenoxy) is 1. The molecule has 5 rings (SSSR count). The Morgan fingerprint density at radius 2 is 1.62 bits per heavy atom. The summed E-state index contributed by atoms with van der Waals surface area (Å²) in [6, 6.07) is 25.2. The maximum absolute atomic E-state index is 9.76. The second kappa shape index (κ2) is 13.0. The van der Waals surface area contributed by atoms with Crippen LogP contribution in [0.4, 0.5) is 5.88 Å². The summed E-state index contributed by atoms with van der Waals surface area (Å²) >= 11 is 12.8. The molecule has 2 heterocycles. The lowest BCUT2D eigenvalue weighted by Gasteiger charge is -2.31. The van der Waals surface area contributed by atoms with Crippen LogP contribution in [-0.4, -0.2) is 29.5 Å². The standard InChI is InChI=1S/C31H30Cl2N4O2/c32-26-11-5-3-9-23(26)21-38-24-15-13-22(14-16-24)30-36-28(19-34)31(39-30)35-20-29(25-10-4-6-12-27(25)33)37-17-7-1-2-8-18-37/h3-6,9-16,29,35H,1-2,7-8,17-18,20-21H2. The maximum atomic E-state index is 9.76. The Hall–Kier alpha value is -3.50. The van der Waals surface area contributed by atoms with E-state index in [1.54, 1.807) is 0 Å². The smallest absolute Gasteiger partial charge is 0.232 e. The van der Waals surface area contributed by atoms with E-state index in [4.69, 9.17) is 32.4 Å². The van der Waals surface area contributed by atoms with Crippen LogP contribution in [-0.2, 0) is 6.61 Å². The van der Waals surface area contributed by atoms with Crippen LogP contribution in [0.2, 0.25) is 10.0 Å². The average molecular weight is 562 g/mol. The minimum atomic E-state index is 0.0476. The molecule has 3 aromatic carbocycles. The summed E-state index contributed by atoms with van der Waals surface area (Å²) < 4.78 is 11.9. The molecule has 6 nitrogen and oxygen atoms in total. The fourth-order valence-electron chi connectivity index (χ4n) is 4.89. The summed E-state index contributed by atoms with van der Waals surface area (Å²) in [6.07, 6.45) is 4.81. The van der Waals surface area contributed by atoms with Gasteiger partial charge in [-0.3, -0.25) is 4.90 Å². The molecule has 0 radical (unpaired) electrons. The molecule has 8 heteroatoms. The third-order valence-electron chi connectivity index (χ3n) is 6.99. The minimum Gasteiger partial charge on any atom is -0.489 e. The number of hydrogen-bond acceptors (Lipinski definition) is 6. The average Bonchev–Trinajstić information content (AvgIpc) is 3.18. The number of hydrogen-bond donors (Lipinski definition) is 1. The molecule has 39 heavy (non-hydrogen) atoms. The molecule has 1 N–H and O–H groups in total. The number of nitriles is 1. The Bertz CT molecular complexity index is 1420. The number of aromatic nitrogens is 1. The highest BCUT2D eigenvalue weighted by atomic mass is 35.5. The van der Waals surface area contributed by atoms with Gasteiger partial charge in [-0.25, -0.2) is 0 Å². The molecule has 1 aliphatic heterocycles. The zero-order valence-electron chi connectivity index (χ0n) is 21.6. The third-order valence-corrected chi connectivity index (χ3v) is 7.70. The number of halogens is 2. The van der Waals surface area contributed by atoms with Crippen LogP contribution >= 0.6 is 23.2 Å². The largest absolute Gasteiger partial charge is 0.489 e. The van der Waals surface area contributed by atoms with Crippen molar-refractivity contribution in [1.29, 1.82) is 5.26 Å². The summed E-state index contributed by atoms with van der Waals surface area (Å²) in [6.45, 7) is 2.93. The normalized spacial score (nSPS) is 14.8. The molecule has 0 saturated carbocycles. The lowest BCUT2D eigenvalue weighted by atomic mass is 10.0. The van der Waals surface area contributed by atoms with Gasteiger partial charge in [0.15, 0.2) is 0 Å². The summed E-state index contributed by atoms with van der Waals surface area (Å²) in [4.78, 5) is 6.92. The van der Waals surface area contributed by atoms with Crippen molar-refractivity contribution in [2.45, 2.75) is 38.3 Å². The minimum absolute atomic E-state index is 0.0476.